The zero-order chi connectivity index (χ0) is 13.0. The highest BCUT2D eigenvalue weighted by molar-refractivity contribution is 6.02. The Bertz CT molecular complexity index is 423. The highest BCUT2D eigenvalue weighted by Crippen LogP contribution is 2.23. The fourth-order valence-electron chi connectivity index (χ4n) is 2.43. The molecule has 0 radical (unpaired) electrons. The Balaban J connectivity index is 2.26. The molecule has 1 aromatic carbocycles. The van der Waals surface area contributed by atoms with Gasteiger partial charge in [0.1, 0.15) is 5.75 Å². The number of nitrogens with one attached hydrogen (secondary N) is 1. The number of methoxy groups -OCH3 is 1. The second kappa shape index (κ2) is 6.01. The number of benzene rings is 1. The normalized spacial score (nSPS) is 19.6. The van der Waals surface area contributed by atoms with Crippen molar-refractivity contribution in [1.29, 1.82) is 0 Å². The quantitative estimate of drug-likeness (QED) is 0.831. The van der Waals surface area contributed by atoms with Crippen molar-refractivity contribution in [3.8, 4) is 5.75 Å². The molecule has 0 saturated carbocycles. The Morgan fingerprint density at radius 3 is 2.89 bits per heavy atom. The second-order valence-corrected chi connectivity index (χ2v) is 4.75. The van der Waals surface area contributed by atoms with Gasteiger partial charge in [-0.25, -0.2) is 0 Å². The zero-order valence-corrected chi connectivity index (χ0v) is 11.2. The summed E-state index contributed by atoms with van der Waals surface area (Å²) in [5.74, 6) is 0.853. The maximum atomic E-state index is 12.5. The van der Waals surface area contributed by atoms with E-state index in [0.29, 0.717) is 5.75 Å². The summed E-state index contributed by atoms with van der Waals surface area (Å²) in [5.41, 5.74) is 1.89. The molecule has 98 valence electrons. The first kappa shape index (κ1) is 13.1. The summed E-state index contributed by atoms with van der Waals surface area (Å²) in [5, 5.41) is 3.30. The van der Waals surface area contributed by atoms with Crippen molar-refractivity contribution in [1.82, 2.24) is 5.32 Å². The summed E-state index contributed by atoms with van der Waals surface area (Å²) in [6, 6.07) is 5.84. The lowest BCUT2D eigenvalue weighted by molar-refractivity contribution is 0.0924. The van der Waals surface area contributed by atoms with E-state index in [0.717, 1.165) is 37.8 Å². The van der Waals surface area contributed by atoms with Gasteiger partial charge in [0.15, 0.2) is 5.78 Å². The van der Waals surface area contributed by atoms with Gasteiger partial charge in [-0.15, -0.1) is 0 Å². The van der Waals surface area contributed by atoms with Crippen molar-refractivity contribution in [3.63, 3.8) is 0 Å². The predicted octanol–water partition coefficient (Wildman–Crippen LogP) is 2.58. The third kappa shape index (κ3) is 2.72. The van der Waals surface area contributed by atoms with Crippen molar-refractivity contribution in [2.75, 3.05) is 13.7 Å². The standard InChI is InChI=1S/C15H21NO2/c1-3-11-7-8-14(18-2)12(10-11)15(17)13-6-4-5-9-16-13/h7-8,10,13,16H,3-6,9H2,1-2H3. The first-order valence-corrected chi connectivity index (χ1v) is 6.70. The average molecular weight is 247 g/mol. The van der Waals surface area contributed by atoms with Crippen molar-refractivity contribution >= 4 is 5.78 Å². The molecule has 0 bridgehead atoms. The Morgan fingerprint density at radius 2 is 2.28 bits per heavy atom. The van der Waals surface area contributed by atoms with E-state index in [4.69, 9.17) is 4.74 Å². The highest BCUT2D eigenvalue weighted by Gasteiger charge is 2.24. The van der Waals surface area contributed by atoms with Crippen LogP contribution in [0.1, 0.15) is 42.1 Å². The van der Waals surface area contributed by atoms with Crippen LogP contribution < -0.4 is 10.1 Å². The fourth-order valence-corrected chi connectivity index (χ4v) is 2.43. The molecule has 0 aromatic heterocycles. The smallest absolute Gasteiger partial charge is 0.183 e. The van der Waals surface area contributed by atoms with E-state index in [1.165, 1.54) is 5.56 Å². The van der Waals surface area contributed by atoms with Crippen LogP contribution in [0.15, 0.2) is 18.2 Å². The summed E-state index contributed by atoms with van der Waals surface area (Å²) < 4.78 is 5.31. The Hall–Kier alpha value is -1.35. The molecule has 3 nitrogen and oxygen atoms in total. The van der Waals surface area contributed by atoms with Crippen LogP contribution in [0.3, 0.4) is 0 Å². The van der Waals surface area contributed by atoms with Gasteiger partial charge in [-0.1, -0.05) is 19.4 Å². The molecule has 0 amide bonds. The number of carbonyl (C=O) groups excluding carboxylic acids is 1. The zero-order valence-electron chi connectivity index (χ0n) is 11.2. The maximum absolute atomic E-state index is 12.5. The number of piperidine rings is 1. The van der Waals surface area contributed by atoms with Gasteiger partial charge in [0.2, 0.25) is 0 Å². The second-order valence-electron chi connectivity index (χ2n) is 4.75. The van der Waals surface area contributed by atoms with E-state index in [2.05, 4.69) is 12.2 Å². The van der Waals surface area contributed by atoms with Crippen molar-refractivity contribution in [3.05, 3.63) is 29.3 Å². The number of hydrogen-bond acceptors (Lipinski definition) is 3. The summed E-state index contributed by atoms with van der Waals surface area (Å²) in [4.78, 5) is 12.5. The van der Waals surface area contributed by atoms with Crippen LogP contribution in [0, 0.1) is 0 Å². The molecule has 1 aliphatic rings. The maximum Gasteiger partial charge on any atom is 0.183 e. The monoisotopic (exact) mass is 247 g/mol. The molecule has 0 spiro atoms. The van der Waals surface area contributed by atoms with E-state index in [-0.39, 0.29) is 11.8 Å². The van der Waals surface area contributed by atoms with Gasteiger partial charge in [0, 0.05) is 0 Å². The summed E-state index contributed by atoms with van der Waals surface area (Å²) in [6.07, 6.45) is 4.15. The van der Waals surface area contributed by atoms with E-state index in [9.17, 15) is 4.79 Å². The highest BCUT2D eigenvalue weighted by atomic mass is 16.5. The molecular formula is C15H21NO2. The number of rotatable bonds is 4. The van der Waals surface area contributed by atoms with Crippen LogP contribution in [0.2, 0.25) is 0 Å². The molecule has 0 aliphatic carbocycles. The van der Waals surface area contributed by atoms with Gasteiger partial charge in [-0.2, -0.15) is 0 Å². The fraction of sp³-hybridized carbons (Fsp3) is 0.533. The molecule has 1 N–H and O–H groups in total. The Kier molecular flexibility index (Phi) is 4.37. The van der Waals surface area contributed by atoms with Gasteiger partial charge in [-0.05, 0) is 43.5 Å². The first-order chi connectivity index (χ1) is 8.76. The number of ketones is 1. The third-order valence-electron chi connectivity index (χ3n) is 3.56. The third-order valence-corrected chi connectivity index (χ3v) is 3.56. The SMILES string of the molecule is CCc1ccc(OC)c(C(=O)C2CCCCN2)c1. The Morgan fingerprint density at radius 1 is 1.44 bits per heavy atom. The molecule has 1 aromatic rings. The molecule has 1 saturated heterocycles. The van der Waals surface area contributed by atoms with Crippen LogP contribution in [-0.2, 0) is 6.42 Å². The van der Waals surface area contributed by atoms with Crippen molar-refractivity contribution in [2.24, 2.45) is 0 Å². The topological polar surface area (TPSA) is 38.3 Å². The number of carbonyl (C=O) groups is 1. The van der Waals surface area contributed by atoms with Crippen LogP contribution in [0.5, 0.6) is 5.75 Å². The van der Waals surface area contributed by atoms with E-state index >= 15 is 0 Å². The molecule has 3 heteroatoms. The van der Waals surface area contributed by atoms with Crippen LogP contribution in [-0.4, -0.2) is 25.5 Å². The molecule has 1 heterocycles. The van der Waals surface area contributed by atoms with E-state index in [1.807, 2.05) is 18.2 Å². The van der Waals surface area contributed by atoms with Gasteiger partial charge in [-0.3, -0.25) is 4.79 Å². The molecule has 1 aliphatic heterocycles. The molecule has 18 heavy (non-hydrogen) atoms. The van der Waals surface area contributed by atoms with Gasteiger partial charge in [0.25, 0.3) is 0 Å². The average Bonchev–Trinajstić information content (AvgIpc) is 2.46. The minimum absolute atomic E-state index is 0.0419. The predicted molar refractivity (Wildman–Crippen MR) is 72.3 cm³/mol. The molecule has 1 atom stereocenters. The minimum Gasteiger partial charge on any atom is -0.496 e. The van der Waals surface area contributed by atoms with Crippen LogP contribution >= 0.6 is 0 Å². The summed E-state index contributed by atoms with van der Waals surface area (Å²) in [7, 11) is 1.62. The Labute approximate surface area is 109 Å². The number of aryl methyl sites for hydroxylation is 1. The molecule has 1 unspecified atom stereocenters. The van der Waals surface area contributed by atoms with Crippen molar-refractivity contribution in [2.45, 2.75) is 38.6 Å². The lowest BCUT2D eigenvalue weighted by Gasteiger charge is -2.23. The number of Topliss-reactive ketones (excluding diaryl/α,β-unsaturated/α-hetero) is 1. The summed E-state index contributed by atoms with van der Waals surface area (Å²) in [6.45, 7) is 3.03. The van der Waals surface area contributed by atoms with Gasteiger partial charge in [0.05, 0.1) is 18.7 Å². The molecule has 1 fully saturated rings. The first-order valence-electron chi connectivity index (χ1n) is 6.70. The van der Waals surface area contributed by atoms with Crippen molar-refractivity contribution < 1.29 is 9.53 Å². The van der Waals surface area contributed by atoms with Gasteiger partial charge >= 0.3 is 0 Å². The van der Waals surface area contributed by atoms with Gasteiger partial charge < -0.3 is 10.1 Å². The largest absolute Gasteiger partial charge is 0.496 e. The van der Waals surface area contributed by atoms with Crippen LogP contribution in [0.25, 0.3) is 0 Å². The van der Waals surface area contributed by atoms with Crippen LogP contribution in [0.4, 0.5) is 0 Å². The minimum atomic E-state index is -0.0419. The van der Waals surface area contributed by atoms with E-state index < -0.39 is 0 Å². The molecular weight excluding hydrogens is 226 g/mol. The number of ether oxygens (including phenoxy) is 1. The number of hydrogen-bond donors (Lipinski definition) is 1. The molecule has 2 rings (SSSR count). The summed E-state index contributed by atoms with van der Waals surface area (Å²) >= 11 is 0. The van der Waals surface area contributed by atoms with E-state index in [1.54, 1.807) is 7.11 Å². The lowest BCUT2D eigenvalue weighted by Crippen LogP contribution is -2.40. The lowest BCUT2D eigenvalue weighted by atomic mass is 9.94.